The summed E-state index contributed by atoms with van der Waals surface area (Å²) in [4.78, 5) is 22.9. The summed E-state index contributed by atoms with van der Waals surface area (Å²) in [5.41, 5.74) is 9.02. The lowest BCUT2D eigenvalue weighted by atomic mass is 9.92. The number of allylic oxidation sites excluding steroid dienone is 1. The second-order valence-corrected chi connectivity index (χ2v) is 13.7. The molecule has 6 heteroatoms. The third-order valence-corrected chi connectivity index (χ3v) is 10.6. The average Bonchev–Trinajstić information content (AvgIpc) is 3.24. The van der Waals surface area contributed by atoms with Crippen molar-refractivity contribution in [2.75, 3.05) is 4.90 Å². The van der Waals surface area contributed by atoms with E-state index in [2.05, 4.69) is 144 Å². The first-order chi connectivity index (χ1) is 26.8. The number of hydrogen-bond acceptors (Lipinski definition) is 6. The lowest BCUT2D eigenvalue weighted by Crippen LogP contribution is -2.17. The Kier molecular flexibility index (Phi) is 6.89. The van der Waals surface area contributed by atoms with E-state index >= 15 is 0 Å². The van der Waals surface area contributed by atoms with E-state index in [1.165, 1.54) is 11.1 Å². The summed E-state index contributed by atoms with van der Waals surface area (Å²) in [6, 6.07) is 50.4. The standard InChI is InChI=1S/C48H31N5O/c1-4-18-33-30(13-1)16-9-21-36(33)46-50-47(37-22-10-17-31-14-2-5-19-34(31)37)52-48(51-46)39-23-11-26-42-45(39)54-43-27-8-7-25-41(43)53(42)44-35-20-6-3-15-32(35)29-40-38(44)24-12-28-49-40/h1-4,6-18,20-29H,5,19H2. The van der Waals surface area contributed by atoms with Crippen LogP contribution in [0.1, 0.15) is 17.5 Å². The number of hydrogen-bond donors (Lipinski definition) is 0. The highest BCUT2D eigenvalue weighted by Gasteiger charge is 2.31. The van der Waals surface area contributed by atoms with Crippen LogP contribution in [0, 0.1) is 0 Å². The van der Waals surface area contributed by atoms with Gasteiger partial charge in [-0.05, 0) is 82.6 Å². The van der Waals surface area contributed by atoms with Crippen LogP contribution >= 0.6 is 0 Å². The van der Waals surface area contributed by atoms with E-state index < -0.39 is 0 Å². The van der Waals surface area contributed by atoms with Crippen molar-refractivity contribution in [1.29, 1.82) is 0 Å². The summed E-state index contributed by atoms with van der Waals surface area (Å²) in [5.74, 6) is 3.24. The molecule has 2 aliphatic rings. The van der Waals surface area contributed by atoms with Crippen LogP contribution in [-0.2, 0) is 6.42 Å². The largest absolute Gasteiger partial charge is 0.452 e. The van der Waals surface area contributed by atoms with Crippen LogP contribution in [0.25, 0.3) is 72.7 Å². The number of rotatable bonds is 4. The van der Waals surface area contributed by atoms with Crippen molar-refractivity contribution in [3.63, 3.8) is 0 Å². The predicted octanol–water partition coefficient (Wildman–Crippen LogP) is 12.3. The summed E-state index contributed by atoms with van der Waals surface area (Å²) >= 11 is 0. The minimum atomic E-state index is 0.549. The summed E-state index contributed by atoms with van der Waals surface area (Å²) in [6.07, 6.45) is 8.20. The van der Waals surface area contributed by atoms with Crippen LogP contribution in [0.4, 0.5) is 17.1 Å². The van der Waals surface area contributed by atoms with E-state index in [0.717, 1.165) is 84.8 Å². The number of nitrogens with zero attached hydrogens (tertiary/aromatic N) is 5. The molecule has 1 aliphatic heterocycles. The van der Waals surface area contributed by atoms with Crippen molar-refractivity contribution in [3.05, 3.63) is 169 Å². The molecule has 0 atom stereocenters. The molecule has 11 rings (SSSR count). The van der Waals surface area contributed by atoms with E-state index in [1.54, 1.807) is 0 Å². The topological polar surface area (TPSA) is 64.0 Å². The molecule has 1 aliphatic carbocycles. The first kappa shape index (κ1) is 30.4. The van der Waals surface area contributed by atoms with Gasteiger partial charge in [-0.15, -0.1) is 0 Å². The zero-order valence-electron chi connectivity index (χ0n) is 29.1. The molecule has 0 saturated heterocycles. The van der Waals surface area contributed by atoms with Gasteiger partial charge in [-0.2, -0.15) is 0 Å². The van der Waals surface area contributed by atoms with Gasteiger partial charge in [0.2, 0.25) is 0 Å². The van der Waals surface area contributed by atoms with Crippen molar-refractivity contribution in [2.24, 2.45) is 0 Å². The SMILES string of the molecule is C1=Cc2cccc(-c3nc(-c4cccc5c4Oc4ccccc4N5c4c5ccccc5cc5ncccc45)nc(-c4cccc5ccccc45)n3)c2CC1. The smallest absolute Gasteiger partial charge is 0.167 e. The summed E-state index contributed by atoms with van der Waals surface area (Å²) in [7, 11) is 0. The van der Waals surface area contributed by atoms with E-state index in [-0.39, 0.29) is 0 Å². The van der Waals surface area contributed by atoms with Crippen molar-refractivity contribution in [2.45, 2.75) is 12.8 Å². The number of para-hydroxylation sites is 3. The van der Waals surface area contributed by atoms with Crippen LogP contribution in [0.5, 0.6) is 11.5 Å². The lowest BCUT2D eigenvalue weighted by Gasteiger charge is -2.35. The maximum atomic E-state index is 6.92. The van der Waals surface area contributed by atoms with E-state index in [1.807, 2.05) is 24.4 Å². The molecule has 0 radical (unpaired) electrons. The number of aromatic nitrogens is 4. The molecular formula is C48H31N5O. The molecule has 6 nitrogen and oxygen atoms in total. The number of pyridine rings is 1. The molecule has 7 aromatic carbocycles. The molecule has 0 fully saturated rings. The van der Waals surface area contributed by atoms with Gasteiger partial charge in [0, 0.05) is 28.1 Å². The van der Waals surface area contributed by atoms with Gasteiger partial charge in [0.1, 0.15) is 0 Å². The Bertz CT molecular complexity index is 2950. The van der Waals surface area contributed by atoms with Gasteiger partial charge in [0.25, 0.3) is 0 Å². The number of benzene rings is 7. The van der Waals surface area contributed by atoms with Crippen molar-refractivity contribution in [3.8, 4) is 45.7 Å². The molecule has 0 saturated carbocycles. The van der Waals surface area contributed by atoms with Gasteiger partial charge in [0.05, 0.1) is 28.1 Å². The molecule has 0 spiro atoms. The van der Waals surface area contributed by atoms with E-state index in [0.29, 0.717) is 23.2 Å². The quantitative estimate of drug-likeness (QED) is 0.171. The zero-order valence-corrected chi connectivity index (χ0v) is 29.1. The first-order valence-electron chi connectivity index (χ1n) is 18.3. The highest BCUT2D eigenvalue weighted by molar-refractivity contribution is 6.14. The van der Waals surface area contributed by atoms with Gasteiger partial charge >= 0.3 is 0 Å². The third-order valence-electron chi connectivity index (χ3n) is 10.6. The van der Waals surface area contributed by atoms with Gasteiger partial charge < -0.3 is 9.64 Å². The molecule has 0 unspecified atom stereocenters. The Hall–Kier alpha value is -7.18. The fourth-order valence-corrected chi connectivity index (χ4v) is 8.14. The minimum absolute atomic E-state index is 0.549. The maximum Gasteiger partial charge on any atom is 0.167 e. The zero-order chi connectivity index (χ0) is 35.6. The summed E-state index contributed by atoms with van der Waals surface area (Å²) in [6.45, 7) is 0. The Labute approximate surface area is 311 Å². The van der Waals surface area contributed by atoms with Crippen LogP contribution in [0.3, 0.4) is 0 Å². The maximum absolute atomic E-state index is 6.92. The van der Waals surface area contributed by atoms with E-state index in [9.17, 15) is 0 Å². The monoisotopic (exact) mass is 693 g/mol. The van der Waals surface area contributed by atoms with Crippen molar-refractivity contribution < 1.29 is 4.74 Å². The summed E-state index contributed by atoms with van der Waals surface area (Å²) < 4.78 is 6.92. The van der Waals surface area contributed by atoms with E-state index in [4.69, 9.17) is 24.7 Å². The fraction of sp³-hybridized carbons (Fsp3) is 0.0417. The molecular weight excluding hydrogens is 663 g/mol. The highest BCUT2D eigenvalue weighted by Crippen LogP contribution is 2.55. The van der Waals surface area contributed by atoms with Gasteiger partial charge in [-0.3, -0.25) is 4.98 Å². The number of ether oxygens (including phenoxy) is 1. The van der Waals surface area contributed by atoms with Crippen molar-refractivity contribution >= 4 is 55.6 Å². The lowest BCUT2D eigenvalue weighted by molar-refractivity contribution is 0.478. The molecule has 0 bridgehead atoms. The number of fused-ring (bicyclic) bond motifs is 6. The third kappa shape index (κ3) is 4.81. The minimum Gasteiger partial charge on any atom is -0.452 e. The Morgan fingerprint density at radius 2 is 1.20 bits per heavy atom. The molecule has 2 aromatic heterocycles. The Morgan fingerprint density at radius 3 is 2.13 bits per heavy atom. The first-order valence-corrected chi connectivity index (χ1v) is 18.3. The second kappa shape index (κ2) is 12.2. The van der Waals surface area contributed by atoms with Crippen molar-refractivity contribution in [1.82, 2.24) is 19.9 Å². The predicted molar refractivity (Wildman–Crippen MR) is 219 cm³/mol. The molecule has 9 aromatic rings. The average molecular weight is 694 g/mol. The molecule has 254 valence electrons. The molecule has 0 amide bonds. The normalized spacial score (nSPS) is 13.1. The molecule has 3 heterocycles. The molecule has 0 N–H and O–H groups in total. The van der Waals surface area contributed by atoms with Crippen LogP contribution in [0.2, 0.25) is 0 Å². The van der Waals surface area contributed by atoms with Gasteiger partial charge in [-0.1, -0.05) is 115 Å². The highest BCUT2D eigenvalue weighted by atomic mass is 16.5. The van der Waals surface area contributed by atoms with Crippen LogP contribution in [-0.4, -0.2) is 19.9 Å². The Morgan fingerprint density at radius 1 is 0.537 bits per heavy atom. The fourth-order valence-electron chi connectivity index (χ4n) is 8.14. The molecule has 54 heavy (non-hydrogen) atoms. The summed E-state index contributed by atoms with van der Waals surface area (Å²) in [5, 5.41) is 5.50. The van der Waals surface area contributed by atoms with Crippen LogP contribution < -0.4 is 9.64 Å². The van der Waals surface area contributed by atoms with Gasteiger partial charge in [0.15, 0.2) is 29.0 Å². The van der Waals surface area contributed by atoms with Gasteiger partial charge in [-0.25, -0.2) is 15.0 Å². The van der Waals surface area contributed by atoms with Crippen LogP contribution in [0.15, 0.2) is 158 Å². The Balaban J connectivity index is 1.19. The number of anilines is 3. The second-order valence-electron chi connectivity index (χ2n) is 13.7.